The van der Waals surface area contributed by atoms with Gasteiger partial charge in [0.05, 0.1) is 0 Å². The summed E-state index contributed by atoms with van der Waals surface area (Å²) in [6.07, 6.45) is 0.349. The first-order chi connectivity index (χ1) is 16.8. The van der Waals surface area contributed by atoms with Gasteiger partial charge in [-0.15, -0.1) is 0 Å². The van der Waals surface area contributed by atoms with Gasteiger partial charge in [-0.3, -0.25) is 9.59 Å². The predicted molar refractivity (Wildman–Crippen MR) is 135 cm³/mol. The molecule has 1 N–H and O–H groups in total. The summed E-state index contributed by atoms with van der Waals surface area (Å²) in [5.41, 5.74) is 2.75. The number of aryl methyl sites for hydroxylation is 1. The van der Waals surface area contributed by atoms with E-state index < -0.39 is 6.04 Å². The first-order valence-corrected chi connectivity index (χ1v) is 11.9. The van der Waals surface area contributed by atoms with Crippen molar-refractivity contribution in [2.24, 2.45) is 5.92 Å². The molecule has 0 fully saturated rings. The normalized spacial score (nSPS) is 11.7. The van der Waals surface area contributed by atoms with Gasteiger partial charge in [-0.1, -0.05) is 74.0 Å². The van der Waals surface area contributed by atoms with E-state index in [0.717, 1.165) is 16.7 Å². The molecule has 3 rings (SSSR count). The lowest BCUT2D eigenvalue weighted by atomic mass is 10.0. The maximum Gasteiger partial charge on any atom is 0.261 e. The van der Waals surface area contributed by atoms with Crippen LogP contribution < -0.4 is 10.1 Å². The number of nitrogens with zero attached hydrogens (tertiary/aromatic N) is 1. The van der Waals surface area contributed by atoms with Gasteiger partial charge in [0.15, 0.2) is 6.61 Å². The maximum absolute atomic E-state index is 13.5. The number of rotatable bonds is 11. The number of ether oxygens (including phenoxy) is 1. The van der Waals surface area contributed by atoms with Crippen LogP contribution in [0.1, 0.15) is 30.5 Å². The Morgan fingerprint density at radius 2 is 1.57 bits per heavy atom. The number of carbonyl (C=O) groups excluding carboxylic acids is 2. The maximum atomic E-state index is 13.5. The Bertz CT molecular complexity index is 1080. The van der Waals surface area contributed by atoms with Gasteiger partial charge in [0.25, 0.3) is 5.91 Å². The zero-order valence-electron chi connectivity index (χ0n) is 20.5. The third-order valence-corrected chi connectivity index (χ3v) is 5.61. The van der Waals surface area contributed by atoms with E-state index in [1.165, 1.54) is 17.0 Å². The van der Waals surface area contributed by atoms with Crippen molar-refractivity contribution in [2.75, 3.05) is 13.2 Å². The summed E-state index contributed by atoms with van der Waals surface area (Å²) in [6, 6.07) is 22.2. The Kier molecular flexibility index (Phi) is 9.41. The number of hydrogen-bond donors (Lipinski definition) is 1. The second kappa shape index (κ2) is 12.7. The molecule has 0 spiro atoms. The molecule has 0 heterocycles. The van der Waals surface area contributed by atoms with Crippen LogP contribution in [0.4, 0.5) is 4.39 Å². The molecule has 3 aromatic carbocycles. The minimum absolute atomic E-state index is 0.156. The van der Waals surface area contributed by atoms with Crippen LogP contribution >= 0.6 is 0 Å². The van der Waals surface area contributed by atoms with Gasteiger partial charge in [-0.25, -0.2) is 4.39 Å². The number of amides is 2. The fraction of sp³-hybridized carbons (Fsp3) is 0.310. The smallest absolute Gasteiger partial charge is 0.261 e. The molecule has 0 aliphatic heterocycles. The van der Waals surface area contributed by atoms with Crippen molar-refractivity contribution < 1.29 is 18.7 Å². The van der Waals surface area contributed by atoms with Gasteiger partial charge in [-0.05, 0) is 48.2 Å². The SMILES string of the molecule is Cc1ccc(OCC(=O)N(Cc2ccc(F)cc2)[C@H](Cc2ccccc2)C(=O)NCC(C)C)cc1. The molecule has 2 amide bonds. The minimum atomic E-state index is -0.754. The highest BCUT2D eigenvalue weighted by atomic mass is 19.1. The van der Waals surface area contributed by atoms with Gasteiger partial charge in [0.1, 0.15) is 17.6 Å². The Labute approximate surface area is 206 Å². The van der Waals surface area contributed by atoms with Crippen molar-refractivity contribution in [1.82, 2.24) is 10.2 Å². The second-order valence-electron chi connectivity index (χ2n) is 9.09. The highest BCUT2D eigenvalue weighted by molar-refractivity contribution is 5.88. The van der Waals surface area contributed by atoms with Crippen LogP contribution in [0.15, 0.2) is 78.9 Å². The zero-order chi connectivity index (χ0) is 25.2. The van der Waals surface area contributed by atoms with Crippen molar-refractivity contribution >= 4 is 11.8 Å². The van der Waals surface area contributed by atoms with Gasteiger partial charge in [-0.2, -0.15) is 0 Å². The Morgan fingerprint density at radius 1 is 0.914 bits per heavy atom. The molecule has 0 unspecified atom stereocenters. The summed E-state index contributed by atoms with van der Waals surface area (Å²) in [6.45, 7) is 6.45. The summed E-state index contributed by atoms with van der Waals surface area (Å²) in [5, 5.41) is 2.98. The Hall–Kier alpha value is -3.67. The van der Waals surface area contributed by atoms with E-state index in [0.29, 0.717) is 18.7 Å². The van der Waals surface area contributed by atoms with Crippen LogP contribution in [-0.4, -0.2) is 35.9 Å². The molecular weight excluding hydrogens is 443 g/mol. The molecule has 6 heteroatoms. The molecule has 5 nitrogen and oxygen atoms in total. The fourth-order valence-corrected chi connectivity index (χ4v) is 3.63. The van der Waals surface area contributed by atoms with Crippen LogP contribution in [-0.2, 0) is 22.6 Å². The van der Waals surface area contributed by atoms with Crippen LogP contribution in [0.25, 0.3) is 0 Å². The summed E-state index contributed by atoms with van der Waals surface area (Å²) in [7, 11) is 0. The summed E-state index contributed by atoms with van der Waals surface area (Å²) < 4.78 is 19.3. The molecule has 35 heavy (non-hydrogen) atoms. The van der Waals surface area contributed by atoms with Crippen molar-refractivity contribution in [3.63, 3.8) is 0 Å². The van der Waals surface area contributed by atoms with E-state index >= 15 is 0 Å². The lowest BCUT2D eigenvalue weighted by molar-refractivity contribution is -0.142. The molecule has 0 aliphatic carbocycles. The monoisotopic (exact) mass is 476 g/mol. The second-order valence-corrected chi connectivity index (χ2v) is 9.09. The van der Waals surface area contributed by atoms with Crippen LogP contribution in [0.5, 0.6) is 5.75 Å². The van der Waals surface area contributed by atoms with Crippen LogP contribution in [0, 0.1) is 18.7 Å². The van der Waals surface area contributed by atoms with Gasteiger partial charge < -0.3 is 15.0 Å². The molecule has 3 aromatic rings. The predicted octanol–water partition coefficient (Wildman–Crippen LogP) is 4.93. The van der Waals surface area contributed by atoms with Crippen molar-refractivity contribution in [3.05, 3.63) is 101 Å². The standard InChI is InChI=1S/C29H33FN2O3/c1-21(2)18-31-29(34)27(17-23-7-5-4-6-8-23)32(19-24-11-13-25(30)14-12-24)28(33)20-35-26-15-9-22(3)10-16-26/h4-16,21,27H,17-20H2,1-3H3,(H,31,34)/t27-/m1/s1. The summed E-state index contributed by atoms with van der Waals surface area (Å²) >= 11 is 0. The molecule has 0 bridgehead atoms. The minimum Gasteiger partial charge on any atom is -0.484 e. The first-order valence-electron chi connectivity index (χ1n) is 11.9. The molecule has 0 saturated heterocycles. The third-order valence-electron chi connectivity index (χ3n) is 5.61. The number of benzene rings is 3. The van der Waals surface area contributed by atoms with E-state index in [9.17, 15) is 14.0 Å². The van der Waals surface area contributed by atoms with Crippen molar-refractivity contribution in [1.29, 1.82) is 0 Å². The first kappa shape index (κ1) is 25.9. The lowest BCUT2D eigenvalue weighted by Crippen LogP contribution is -2.52. The van der Waals surface area contributed by atoms with Gasteiger partial charge in [0, 0.05) is 19.5 Å². The number of halogens is 1. The molecule has 0 saturated carbocycles. The molecule has 0 aliphatic rings. The average molecular weight is 477 g/mol. The number of hydrogen-bond acceptors (Lipinski definition) is 3. The highest BCUT2D eigenvalue weighted by Crippen LogP contribution is 2.17. The lowest BCUT2D eigenvalue weighted by Gasteiger charge is -2.31. The molecule has 1 atom stereocenters. The van der Waals surface area contributed by atoms with E-state index in [-0.39, 0.29) is 36.7 Å². The average Bonchev–Trinajstić information content (AvgIpc) is 2.86. The van der Waals surface area contributed by atoms with Crippen LogP contribution in [0.3, 0.4) is 0 Å². The van der Waals surface area contributed by atoms with Gasteiger partial charge >= 0.3 is 0 Å². The molecular formula is C29H33FN2O3. The summed E-state index contributed by atoms with van der Waals surface area (Å²) in [5.74, 6) is -0.0641. The van der Waals surface area contributed by atoms with Gasteiger partial charge in [0.2, 0.25) is 5.91 Å². The Balaban J connectivity index is 1.88. The topological polar surface area (TPSA) is 58.6 Å². The molecule has 0 radical (unpaired) electrons. The van der Waals surface area contributed by atoms with Crippen molar-refractivity contribution in [3.8, 4) is 5.75 Å². The van der Waals surface area contributed by atoms with E-state index in [2.05, 4.69) is 5.32 Å². The Morgan fingerprint density at radius 3 is 2.20 bits per heavy atom. The van der Waals surface area contributed by atoms with E-state index in [4.69, 9.17) is 4.74 Å². The molecule has 184 valence electrons. The quantitative estimate of drug-likeness (QED) is 0.427. The van der Waals surface area contributed by atoms with Crippen molar-refractivity contribution in [2.45, 2.75) is 39.8 Å². The number of carbonyl (C=O) groups is 2. The zero-order valence-corrected chi connectivity index (χ0v) is 20.5. The van der Waals surface area contributed by atoms with E-state index in [1.807, 2.05) is 75.4 Å². The fourth-order valence-electron chi connectivity index (χ4n) is 3.63. The third kappa shape index (κ3) is 8.25. The summed E-state index contributed by atoms with van der Waals surface area (Å²) in [4.78, 5) is 28.4. The number of nitrogens with one attached hydrogen (secondary N) is 1. The highest BCUT2D eigenvalue weighted by Gasteiger charge is 2.30. The van der Waals surface area contributed by atoms with Crippen LogP contribution in [0.2, 0.25) is 0 Å². The largest absolute Gasteiger partial charge is 0.484 e. The van der Waals surface area contributed by atoms with E-state index in [1.54, 1.807) is 12.1 Å². The molecule has 0 aromatic heterocycles.